The molecule has 19 heavy (non-hydrogen) atoms. The summed E-state index contributed by atoms with van der Waals surface area (Å²) < 4.78 is 0. The molecule has 2 aliphatic rings. The molecule has 2 rings (SSSR count). The molecule has 1 saturated carbocycles. The average Bonchev–Trinajstić information content (AvgIpc) is 2.74. The molecule has 108 valence electrons. The van der Waals surface area contributed by atoms with Gasteiger partial charge in [0, 0.05) is 25.4 Å². The van der Waals surface area contributed by atoms with E-state index >= 15 is 0 Å². The zero-order chi connectivity index (χ0) is 13.7. The van der Waals surface area contributed by atoms with Crippen molar-refractivity contribution in [1.29, 1.82) is 0 Å². The van der Waals surface area contributed by atoms with E-state index in [9.17, 15) is 9.59 Å². The topological polar surface area (TPSA) is 37.4 Å². The number of ketones is 1. The molecule has 0 radical (unpaired) electrons. The molecule has 1 aliphatic heterocycles. The number of hydrogen-bond donors (Lipinski definition) is 0. The van der Waals surface area contributed by atoms with E-state index in [-0.39, 0.29) is 11.8 Å². The number of carbonyl (C=O) groups is 2. The van der Waals surface area contributed by atoms with Crippen LogP contribution in [0.2, 0.25) is 0 Å². The third kappa shape index (κ3) is 4.32. The second-order valence-electron chi connectivity index (χ2n) is 6.35. The van der Waals surface area contributed by atoms with Crippen molar-refractivity contribution in [3.63, 3.8) is 0 Å². The highest BCUT2D eigenvalue weighted by Crippen LogP contribution is 2.29. The van der Waals surface area contributed by atoms with Gasteiger partial charge in [0.2, 0.25) is 5.91 Å². The van der Waals surface area contributed by atoms with E-state index < -0.39 is 0 Å². The lowest BCUT2D eigenvalue weighted by Gasteiger charge is -2.30. The molecule has 0 aromatic rings. The third-order valence-corrected chi connectivity index (χ3v) is 4.66. The Morgan fingerprint density at radius 2 is 1.63 bits per heavy atom. The van der Waals surface area contributed by atoms with Crippen LogP contribution in [0.25, 0.3) is 0 Å². The van der Waals surface area contributed by atoms with Crippen LogP contribution >= 0.6 is 0 Å². The fourth-order valence-electron chi connectivity index (χ4n) is 3.63. The molecule has 0 aromatic carbocycles. The number of likely N-dealkylation sites (tertiary alicyclic amines) is 1. The summed E-state index contributed by atoms with van der Waals surface area (Å²) in [5, 5.41) is 0. The van der Waals surface area contributed by atoms with Gasteiger partial charge in [-0.3, -0.25) is 9.59 Å². The van der Waals surface area contributed by atoms with Crippen LogP contribution < -0.4 is 0 Å². The fraction of sp³-hybridized carbons (Fsp3) is 0.875. The first-order chi connectivity index (χ1) is 9.16. The summed E-state index contributed by atoms with van der Waals surface area (Å²) in [6, 6.07) is 0.175. The average molecular weight is 265 g/mol. The first-order valence-electron chi connectivity index (χ1n) is 7.95. The number of amides is 1. The Morgan fingerprint density at radius 3 is 2.32 bits per heavy atom. The van der Waals surface area contributed by atoms with Crippen molar-refractivity contribution in [2.45, 2.75) is 77.2 Å². The van der Waals surface area contributed by atoms with Crippen molar-refractivity contribution in [3.05, 3.63) is 0 Å². The standard InChI is InChI=1S/C16H27NO2/c1-13(18)11-15-9-3-2-6-10-17(15)16(19)12-14-7-4-5-8-14/h14-15H,2-12H2,1H3. The fourth-order valence-corrected chi connectivity index (χ4v) is 3.63. The minimum atomic E-state index is 0.175. The van der Waals surface area contributed by atoms with Gasteiger partial charge in [0.1, 0.15) is 5.78 Å². The molecule has 1 saturated heterocycles. The van der Waals surface area contributed by atoms with Crippen LogP contribution in [0.15, 0.2) is 0 Å². The monoisotopic (exact) mass is 265 g/mol. The van der Waals surface area contributed by atoms with Crippen LogP contribution in [0.3, 0.4) is 0 Å². The Hall–Kier alpha value is -0.860. The Balaban J connectivity index is 1.95. The van der Waals surface area contributed by atoms with Crippen LogP contribution in [0.5, 0.6) is 0 Å². The summed E-state index contributed by atoms with van der Waals surface area (Å²) in [6.45, 7) is 2.51. The molecule has 0 aromatic heterocycles. The Labute approximate surface area is 116 Å². The van der Waals surface area contributed by atoms with E-state index in [1.807, 2.05) is 4.90 Å². The van der Waals surface area contributed by atoms with Gasteiger partial charge in [-0.25, -0.2) is 0 Å². The van der Waals surface area contributed by atoms with Gasteiger partial charge in [0.25, 0.3) is 0 Å². The molecule has 0 N–H and O–H groups in total. The maximum atomic E-state index is 12.5. The number of nitrogens with zero attached hydrogens (tertiary/aromatic N) is 1. The number of Topliss-reactive ketones (excluding diaryl/α,β-unsaturated/α-hetero) is 1. The van der Waals surface area contributed by atoms with Crippen LogP contribution in [0.1, 0.15) is 71.1 Å². The minimum Gasteiger partial charge on any atom is -0.339 e. The van der Waals surface area contributed by atoms with Crippen molar-refractivity contribution in [1.82, 2.24) is 4.90 Å². The van der Waals surface area contributed by atoms with Crippen molar-refractivity contribution >= 4 is 11.7 Å². The second-order valence-corrected chi connectivity index (χ2v) is 6.35. The predicted octanol–water partition coefficient (Wildman–Crippen LogP) is 3.32. The predicted molar refractivity (Wildman–Crippen MR) is 75.8 cm³/mol. The molecule has 3 heteroatoms. The smallest absolute Gasteiger partial charge is 0.223 e. The summed E-state index contributed by atoms with van der Waals surface area (Å²) in [4.78, 5) is 25.9. The van der Waals surface area contributed by atoms with Gasteiger partial charge >= 0.3 is 0 Å². The van der Waals surface area contributed by atoms with Gasteiger partial charge in [-0.15, -0.1) is 0 Å². The summed E-state index contributed by atoms with van der Waals surface area (Å²) >= 11 is 0. The highest BCUT2D eigenvalue weighted by atomic mass is 16.2. The number of hydrogen-bond acceptors (Lipinski definition) is 2. The summed E-state index contributed by atoms with van der Waals surface area (Å²) in [5.41, 5.74) is 0. The van der Waals surface area contributed by atoms with E-state index in [4.69, 9.17) is 0 Å². The highest BCUT2D eigenvalue weighted by molar-refractivity contribution is 5.79. The number of carbonyl (C=O) groups excluding carboxylic acids is 2. The highest BCUT2D eigenvalue weighted by Gasteiger charge is 2.28. The lowest BCUT2D eigenvalue weighted by molar-refractivity contribution is -0.135. The van der Waals surface area contributed by atoms with Crippen LogP contribution in [0, 0.1) is 5.92 Å². The molecular weight excluding hydrogens is 238 g/mol. The molecular formula is C16H27NO2. The van der Waals surface area contributed by atoms with E-state index in [0.29, 0.717) is 24.7 Å². The van der Waals surface area contributed by atoms with E-state index in [2.05, 4.69) is 0 Å². The third-order valence-electron chi connectivity index (χ3n) is 4.66. The summed E-state index contributed by atoms with van der Waals surface area (Å²) in [6.07, 6.45) is 10.7. The molecule has 1 aliphatic carbocycles. The van der Waals surface area contributed by atoms with Crippen LogP contribution in [0.4, 0.5) is 0 Å². The first kappa shape index (κ1) is 14.5. The Bertz CT molecular complexity index is 321. The Morgan fingerprint density at radius 1 is 0.947 bits per heavy atom. The van der Waals surface area contributed by atoms with Gasteiger partial charge in [-0.2, -0.15) is 0 Å². The van der Waals surface area contributed by atoms with Gasteiger partial charge in [0.15, 0.2) is 0 Å². The van der Waals surface area contributed by atoms with Gasteiger partial charge in [0.05, 0.1) is 0 Å². The van der Waals surface area contributed by atoms with Crippen LogP contribution in [-0.4, -0.2) is 29.2 Å². The van der Waals surface area contributed by atoms with E-state index in [1.165, 1.54) is 32.1 Å². The SMILES string of the molecule is CC(=O)CC1CCCCCN1C(=O)CC1CCCC1. The largest absolute Gasteiger partial charge is 0.339 e. The molecule has 1 unspecified atom stereocenters. The van der Waals surface area contributed by atoms with E-state index in [1.54, 1.807) is 6.92 Å². The van der Waals surface area contributed by atoms with Gasteiger partial charge in [-0.05, 0) is 38.5 Å². The van der Waals surface area contributed by atoms with Gasteiger partial charge < -0.3 is 4.90 Å². The molecule has 1 amide bonds. The normalized spacial score (nSPS) is 25.3. The van der Waals surface area contributed by atoms with Crippen LogP contribution in [-0.2, 0) is 9.59 Å². The second kappa shape index (κ2) is 7.06. The minimum absolute atomic E-state index is 0.175. The maximum Gasteiger partial charge on any atom is 0.223 e. The zero-order valence-corrected chi connectivity index (χ0v) is 12.2. The molecule has 3 nitrogen and oxygen atoms in total. The molecule has 0 spiro atoms. The molecule has 1 heterocycles. The maximum absolute atomic E-state index is 12.5. The zero-order valence-electron chi connectivity index (χ0n) is 12.2. The van der Waals surface area contributed by atoms with E-state index in [0.717, 1.165) is 25.8 Å². The van der Waals surface area contributed by atoms with Crippen molar-refractivity contribution in [3.8, 4) is 0 Å². The molecule has 0 bridgehead atoms. The lowest BCUT2D eigenvalue weighted by Crippen LogP contribution is -2.41. The van der Waals surface area contributed by atoms with Crippen molar-refractivity contribution in [2.24, 2.45) is 5.92 Å². The lowest BCUT2D eigenvalue weighted by atomic mass is 10.0. The van der Waals surface area contributed by atoms with Gasteiger partial charge in [-0.1, -0.05) is 25.7 Å². The van der Waals surface area contributed by atoms with Crippen molar-refractivity contribution < 1.29 is 9.59 Å². The quantitative estimate of drug-likeness (QED) is 0.782. The molecule has 1 atom stereocenters. The van der Waals surface area contributed by atoms with Crippen molar-refractivity contribution in [2.75, 3.05) is 6.54 Å². The summed E-state index contributed by atoms with van der Waals surface area (Å²) in [7, 11) is 0. The first-order valence-corrected chi connectivity index (χ1v) is 7.95. The molecule has 2 fully saturated rings. The summed E-state index contributed by atoms with van der Waals surface area (Å²) in [5.74, 6) is 1.12. The Kier molecular flexibility index (Phi) is 5.41. The number of rotatable bonds is 4.